The summed E-state index contributed by atoms with van der Waals surface area (Å²) in [6.07, 6.45) is -2.03. The van der Waals surface area contributed by atoms with Gasteiger partial charge in [0.1, 0.15) is 23.4 Å². The van der Waals surface area contributed by atoms with Crippen LogP contribution in [0.4, 0.5) is 9.59 Å². The molecule has 0 radical (unpaired) electrons. The third-order valence-electron chi connectivity index (χ3n) is 3.86. The van der Waals surface area contributed by atoms with Crippen LogP contribution in [0.2, 0.25) is 0 Å². The number of ether oxygens (including phenoxy) is 2. The highest BCUT2D eigenvalue weighted by Gasteiger charge is 2.23. The quantitative estimate of drug-likeness (QED) is 0.718. The highest BCUT2D eigenvalue weighted by Crippen LogP contribution is 2.24. The molecule has 0 saturated heterocycles. The van der Waals surface area contributed by atoms with E-state index >= 15 is 0 Å². The van der Waals surface area contributed by atoms with Gasteiger partial charge in [-0.05, 0) is 65.3 Å². The first-order valence-corrected chi connectivity index (χ1v) is 9.44. The Bertz CT molecular complexity index is 875. The van der Waals surface area contributed by atoms with Gasteiger partial charge in [-0.2, -0.15) is 0 Å². The fourth-order valence-electron chi connectivity index (χ4n) is 2.65. The van der Waals surface area contributed by atoms with E-state index in [1.807, 2.05) is 0 Å². The first kappa shape index (κ1) is 22.7. The third kappa shape index (κ3) is 6.47. The lowest BCUT2D eigenvalue weighted by Gasteiger charge is -2.22. The molecule has 8 nitrogen and oxygen atoms in total. The Morgan fingerprint density at radius 2 is 1.66 bits per heavy atom. The minimum Gasteiger partial charge on any atom is -0.444 e. The van der Waals surface area contributed by atoms with Gasteiger partial charge in [-0.3, -0.25) is 4.57 Å². The fraction of sp³-hybridized carbons (Fsp3) is 0.524. The van der Waals surface area contributed by atoms with Crippen LogP contribution in [0, 0.1) is 0 Å². The van der Waals surface area contributed by atoms with Crippen molar-refractivity contribution in [2.45, 2.75) is 65.0 Å². The molecular weight excluding hydrogens is 376 g/mol. The lowest BCUT2D eigenvalue weighted by Crippen LogP contribution is -2.38. The van der Waals surface area contributed by atoms with Gasteiger partial charge in [0, 0.05) is 18.1 Å². The summed E-state index contributed by atoms with van der Waals surface area (Å²) in [6.45, 7) is 10.4. The molecule has 0 aliphatic carbocycles. The number of fused-ring (bicyclic) bond motifs is 1. The van der Waals surface area contributed by atoms with E-state index < -0.39 is 35.6 Å². The number of benzene rings is 1. The number of amides is 1. The van der Waals surface area contributed by atoms with Crippen LogP contribution in [-0.4, -0.2) is 50.8 Å². The summed E-state index contributed by atoms with van der Waals surface area (Å²) in [4.78, 5) is 24.0. The zero-order valence-electron chi connectivity index (χ0n) is 17.7. The minimum atomic E-state index is -1.23. The molecule has 160 valence electrons. The van der Waals surface area contributed by atoms with Crippen molar-refractivity contribution >= 4 is 23.1 Å². The lowest BCUT2D eigenvalue weighted by atomic mass is 10.0. The van der Waals surface area contributed by atoms with Crippen LogP contribution in [0.15, 0.2) is 30.5 Å². The number of rotatable bonds is 4. The number of nitrogens with zero attached hydrogens (tertiary/aromatic N) is 1. The molecule has 1 aromatic heterocycles. The highest BCUT2D eigenvalue weighted by molar-refractivity contribution is 5.90. The van der Waals surface area contributed by atoms with Crippen LogP contribution in [0.1, 0.15) is 53.2 Å². The molecular formula is C21H30N2O6. The van der Waals surface area contributed by atoms with Crippen molar-refractivity contribution in [3.63, 3.8) is 0 Å². The van der Waals surface area contributed by atoms with Gasteiger partial charge in [-0.15, -0.1) is 0 Å². The summed E-state index contributed by atoms with van der Waals surface area (Å²) in [7, 11) is 0. The number of carbonyl (C=O) groups is 2. The third-order valence-corrected chi connectivity index (χ3v) is 3.86. The molecule has 0 bridgehead atoms. The maximum Gasteiger partial charge on any atom is 0.418 e. The second-order valence-corrected chi connectivity index (χ2v) is 8.88. The van der Waals surface area contributed by atoms with Gasteiger partial charge in [-0.25, -0.2) is 9.59 Å². The van der Waals surface area contributed by atoms with Crippen LogP contribution in [-0.2, 0) is 9.47 Å². The molecule has 1 aromatic carbocycles. The number of aliphatic hydroxyl groups excluding tert-OH is 2. The van der Waals surface area contributed by atoms with E-state index in [2.05, 4.69) is 5.32 Å². The Kier molecular flexibility index (Phi) is 6.60. The largest absolute Gasteiger partial charge is 0.444 e. The molecule has 29 heavy (non-hydrogen) atoms. The van der Waals surface area contributed by atoms with Crippen LogP contribution in [0.3, 0.4) is 0 Å². The molecule has 2 rings (SSSR count). The molecule has 1 heterocycles. The molecule has 2 unspecified atom stereocenters. The van der Waals surface area contributed by atoms with Gasteiger partial charge >= 0.3 is 12.2 Å². The van der Waals surface area contributed by atoms with E-state index in [4.69, 9.17) is 9.47 Å². The Hall–Kier alpha value is -2.58. The van der Waals surface area contributed by atoms with Crippen molar-refractivity contribution in [2.24, 2.45) is 0 Å². The van der Waals surface area contributed by atoms with Crippen LogP contribution < -0.4 is 5.32 Å². The predicted octanol–water partition coefficient (Wildman–Crippen LogP) is 3.34. The van der Waals surface area contributed by atoms with E-state index in [-0.39, 0.29) is 6.54 Å². The predicted molar refractivity (Wildman–Crippen MR) is 109 cm³/mol. The molecule has 0 spiro atoms. The first-order chi connectivity index (χ1) is 13.3. The summed E-state index contributed by atoms with van der Waals surface area (Å²) < 4.78 is 11.9. The molecule has 2 atom stereocenters. The molecule has 3 N–H and O–H groups in total. The first-order valence-electron chi connectivity index (χ1n) is 9.44. The molecule has 2 aromatic rings. The molecule has 1 amide bonds. The highest BCUT2D eigenvalue weighted by atomic mass is 16.6. The van der Waals surface area contributed by atoms with Gasteiger partial charge < -0.3 is 25.0 Å². The number of nitrogens with one attached hydrogen (secondary N) is 1. The van der Waals surface area contributed by atoms with Crippen molar-refractivity contribution in [1.29, 1.82) is 0 Å². The number of carbonyl (C=O) groups excluding carboxylic acids is 2. The van der Waals surface area contributed by atoms with Gasteiger partial charge in [0.05, 0.1) is 5.52 Å². The standard InChI is InChI=1S/C21H30N2O6/c1-20(2,3)28-18(26)22-12-16(24)17(25)14-7-8-15-13(11-14)9-10-23(15)19(27)29-21(4,5)6/h7-11,16-17,24-25H,12H2,1-6H3,(H,22,26). The Balaban J connectivity index is 2.08. The van der Waals surface area contributed by atoms with E-state index in [0.29, 0.717) is 16.5 Å². The normalized spacial score (nSPS) is 14.3. The number of aliphatic hydroxyl groups is 2. The second-order valence-electron chi connectivity index (χ2n) is 8.88. The smallest absolute Gasteiger partial charge is 0.418 e. The maximum atomic E-state index is 12.3. The average Bonchev–Trinajstić information content (AvgIpc) is 2.99. The SMILES string of the molecule is CC(C)(C)OC(=O)NCC(O)C(O)c1ccc2c(ccn2C(=O)OC(C)(C)C)c1. The number of hydrogen-bond acceptors (Lipinski definition) is 6. The summed E-state index contributed by atoms with van der Waals surface area (Å²) in [6, 6.07) is 6.69. The number of alkyl carbamates (subject to hydrolysis) is 1. The minimum absolute atomic E-state index is 0.174. The Morgan fingerprint density at radius 3 is 2.24 bits per heavy atom. The molecule has 8 heteroatoms. The Morgan fingerprint density at radius 1 is 1.03 bits per heavy atom. The van der Waals surface area contributed by atoms with E-state index in [1.54, 1.807) is 72.0 Å². The maximum absolute atomic E-state index is 12.3. The van der Waals surface area contributed by atoms with Crippen molar-refractivity contribution in [2.75, 3.05) is 6.54 Å². The Labute approximate surface area is 170 Å². The lowest BCUT2D eigenvalue weighted by molar-refractivity contribution is 0.0130. The zero-order chi connectivity index (χ0) is 22.0. The number of aromatic nitrogens is 1. The summed E-state index contributed by atoms with van der Waals surface area (Å²) in [5.74, 6) is 0. The van der Waals surface area contributed by atoms with Crippen LogP contribution in [0.5, 0.6) is 0 Å². The molecule has 0 saturated carbocycles. The van der Waals surface area contributed by atoms with Gasteiger partial charge in [0.15, 0.2) is 0 Å². The summed E-state index contributed by atoms with van der Waals surface area (Å²) in [5, 5.41) is 23.8. The molecule has 0 fully saturated rings. The van der Waals surface area contributed by atoms with Crippen LogP contribution >= 0.6 is 0 Å². The topological polar surface area (TPSA) is 110 Å². The van der Waals surface area contributed by atoms with Gasteiger partial charge in [0.25, 0.3) is 0 Å². The van der Waals surface area contributed by atoms with Crippen molar-refractivity contribution in [3.8, 4) is 0 Å². The average molecular weight is 406 g/mol. The monoisotopic (exact) mass is 406 g/mol. The number of hydrogen-bond donors (Lipinski definition) is 3. The second kappa shape index (κ2) is 8.42. The van der Waals surface area contributed by atoms with Gasteiger partial charge in [-0.1, -0.05) is 6.07 Å². The van der Waals surface area contributed by atoms with E-state index in [0.717, 1.165) is 0 Å². The van der Waals surface area contributed by atoms with Crippen molar-refractivity contribution in [1.82, 2.24) is 9.88 Å². The van der Waals surface area contributed by atoms with Crippen molar-refractivity contribution in [3.05, 3.63) is 36.0 Å². The fourth-order valence-corrected chi connectivity index (χ4v) is 2.65. The molecule has 0 aliphatic rings. The van der Waals surface area contributed by atoms with Crippen LogP contribution in [0.25, 0.3) is 10.9 Å². The van der Waals surface area contributed by atoms with Crippen molar-refractivity contribution < 1.29 is 29.3 Å². The molecule has 0 aliphatic heterocycles. The van der Waals surface area contributed by atoms with E-state index in [1.165, 1.54) is 4.57 Å². The zero-order valence-corrected chi connectivity index (χ0v) is 17.7. The van der Waals surface area contributed by atoms with Gasteiger partial charge in [0.2, 0.25) is 0 Å². The summed E-state index contributed by atoms with van der Waals surface area (Å²) >= 11 is 0. The van der Waals surface area contributed by atoms with E-state index in [9.17, 15) is 19.8 Å². The summed E-state index contributed by atoms with van der Waals surface area (Å²) in [5.41, 5.74) is -0.191.